The van der Waals surface area contributed by atoms with E-state index in [9.17, 15) is 56.2 Å². The molecule has 0 unspecified atom stereocenters. The Bertz CT molecular complexity index is 1870. The summed E-state index contributed by atoms with van der Waals surface area (Å²) in [5, 5.41) is 18.8. The first kappa shape index (κ1) is 52.1. The van der Waals surface area contributed by atoms with Crippen molar-refractivity contribution >= 4 is 53.0 Å². The third-order valence-corrected chi connectivity index (χ3v) is 12.5. The van der Waals surface area contributed by atoms with Gasteiger partial charge in [-0.25, -0.2) is 4.39 Å². The topological polar surface area (TPSA) is 189 Å². The Morgan fingerprint density at radius 1 is 1.00 bits per heavy atom. The van der Waals surface area contributed by atoms with Gasteiger partial charge in [0.05, 0.1) is 6.54 Å². The van der Waals surface area contributed by atoms with Crippen molar-refractivity contribution in [1.82, 2.24) is 35.6 Å². The number of carbonyl (C=O) groups excluding carboxylic acids is 7. The highest BCUT2D eigenvalue weighted by Crippen LogP contribution is 2.36. The van der Waals surface area contributed by atoms with Crippen molar-refractivity contribution in [3.05, 3.63) is 34.9 Å². The predicted molar refractivity (Wildman–Crippen MR) is 229 cm³/mol. The molecule has 0 aromatic heterocycles. The minimum absolute atomic E-state index is 0.0335. The van der Waals surface area contributed by atoms with Crippen LogP contribution in [0.3, 0.4) is 0 Å². The van der Waals surface area contributed by atoms with Crippen LogP contribution in [0, 0.1) is 11.8 Å². The number of halogens is 5. The molecule has 2 saturated heterocycles. The van der Waals surface area contributed by atoms with Gasteiger partial charge < -0.3 is 40.7 Å². The molecule has 0 bridgehead atoms. The molecule has 4 rings (SSSR count). The van der Waals surface area contributed by atoms with Gasteiger partial charge in [-0.05, 0) is 88.3 Å². The highest BCUT2D eigenvalue weighted by molar-refractivity contribution is 6.30. The minimum atomic E-state index is -5.43. The molecule has 1 aromatic rings. The molecule has 7 amide bonds. The van der Waals surface area contributed by atoms with Gasteiger partial charge in [-0.15, -0.1) is 0 Å². The van der Waals surface area contributed by atoms with Gasteiger partial charge in [0.2, 0.25) is 41.0 Å². The van der Waals surface area contributed by atoms with Crippen molar-refractivity contribution < 1.29 is 56.2 Å². The molecule has 3 aliphatic rings. The standard InChI is InChI=1S/C44H64ClF4N7O8/c1-8-13-30-39(60)53(6)19-11-10-16-32(36(57)51-31(20-25(3)4)40(61)55(9-2)33(37(58)50-30)22-26-14-12-15-28(45)21-26)54(7)41(62)35(27-17-18-27)52-38(59)34-23-29(46)24-56(34)42(63)43(5,64)44(47,48)49/h12,14-15,21,25,27,29-35,64H,8-11,13,16-20,22-24H2,1-7H3,(H,50,58)(H,51,57)(H,52,59)/t29-,30-,31+,32+,33+,34+,35+,43-/m1/s1. The number of hydrogen-bond acceptors (Lipinski definition) is 8. The summed E-state index contributed by atoms with van der Waals surface area (Å²) in [5.74, 6) is -6.53. The van der Waals surface area contributed by atoms with E-state index in [1.165, 1.54) is 16.8 Å². The van der Waals surface area contributed by atoms with Crippen LogP contribution in [0.5, 0.6) is 0 Å². The maximum Gasteiger partial charge on any atom is 0.426 e. The Hall–Kier alpha value is -4.52. The number of benzene rings is 1. The summed E-state index contributed by atoms with van der Waals surface area (Å²) in [6, 6.07) is -0.700. The zero-order valence-electron chi connectivity index (χ0n) is 37.7. The van der Waals surface area contributed by atoms with Crippen LogP contribution in [0.15, 0.2) is 24.3 Å². The molecular formula is C44H64ClF4N7O8. The number of likely N-dealkylation sites (N-methyl/N-ethyl adjacent to an activating group) is 3. The first-order chi connectivity index (χ1) is 29.9. The van der Waals surface area contributed by atoms with Crippen LogP contribution >= 0.6 is 11.6 Å². The maximum atomic E-state index is 14.7. The number of nitrogens with zero attached hydrogens (tertiary/aromatic N) is 4. The summed E-state index contributed by atoms with van der Waals surface area (Å²) in [4.78, 5) is 103. The van der Waals surface area contributed by atoms with E-state index >= 15 is 0 Å². The summed E-state index contributed by atoms with van der Waals surface area (Å²) in [6.07, 6.45) is -5.25. The number of carbonyl (C=O) groups is 7. The fourth-order valence-corrected chi connectivity index (χ4v) is 8.60. The fourth-order valence-electron chi connectivity index (χ4n) is 8.39. The molecule has 1 saturated carbocycles. The second-order valence-electron chi connectivity index (χ2n) is 17.9. The van der Waals surface area contributed by atoms with E-state index in [-0.39, 0.29) is 51.1 Å². The Morgan fingerprint density at radius 2 is 1.66 bits per heavy atom. The monoisotopic (exact) mass is 929 g/mol. The molecule has 20 heteroatoms. The Morgan fingerprint density at radius 3 is 2.23 bits per heavy atom. The van der Waals surface area contributed by atoms with Crippen molar-refractivity contribution in [3.63, 3.8) is 0 Å². The number of likely N-dealkylation sites (tertiary alicyclic amines) is 1. The molecule has 0 radical (unpaired) electrons. The number of hydrogen-bond donors (Lipinski definition) is 4. The van der Waals surface area contributed by atoms with Crippen LogP contribution in [-0.2, 0) is 40.0 Å². The Kier molecular flexibility index (Phi) is 18.0. The van der Waals surface area contributed by atoms with Gasteiger partial charge in [-0.2, -0.15) is 13.2 Å². The van der Waals surface area contributed by atoms with Crippen molar-refractivity contribution in [1.29, 1.82) is 0 Å². The highest BCUT2D eigenvalue weighted by Gasteiger charge is 2.59. The lowest BCUT2D eigenvalue weighted by atomic mass is 9.97. The van der Waals surface area contributed by atoms with Gasteiger partial charge in [0.15, 0.2) is 0 Å². The first-order valence-electron chi connectivity index (χ1n) is 22.1. The highest BCUT2D eigenvalue weighted by atomic mass is 35.5. The smallest absolute Gasteiger partial charge is 0.373 e. The molecule has 3 fully saturated rings. The molecular weight excluding hydrogens is 866 g/mol. The minimum Gasteiger partial charge on any atom is -0.373 e. The van der Waals surface area contributed by atoms with Crippen LogP contribution in [-0.4, -0.2) is 154 Å². The van der Waals surface area contributed by atoms with E-state index in [0.29, 0.717) is 54.0 Å². The van der Waals surface area contributed by atoms with E-state index in [2.05, 4.69) is 16.0 Å². The SMILES string of the molecule is CCC[C@H]1NC(=O)[C@H](Cc2cccc(Cl)c2)N(CC)C(=O)[C@H](CC(C)C)NC(=O)[C@@H](N(C)C(=O)[C@@H](NC(=O)[C@@H]2C[C@@H](F)CN2C(=O)[C@@](C)(O)C(F)(F)F)C2CC2)CCCCN(C)C1=O. The number of alkyl halides is 4. The molecule has 2 aliphatic heterocycles. The van der Waals surface area contributed by atoms with Gasteiger partial charge >= 0.3 is 6.18 Å². The van der Waals surface area contributed by atoms with E-state index in [1.54, 1.807) is 38.2 Å². The summed E-state index contributed by atoms with van der Waals surface area (Å²) < 4.78 is 55.6. The number of rotatable bonds is 13. The molecule has 358 valence electrons. The first-order valence-corrected chi connectivity index (χ1v) is 22.5. The third kappa shape index (κ3) is 12.8. The molecule has 2 heterocycles. The average molecular weight is 930 g/mol. The van der Waals surface area contributed by atoms with Crippen LogP contribution in [0.1, 0.15) is 98.0 Å². The Balaban J connectivity index is 1.69. The fraction of sp³-hybridized carbons (Fsp3) is 0.705. The molecule has 0 spiro atoms. The normalized spacial score (nSPS) is 26.0. The van der Waals surface area contributed by atoms with Crippen LogP contribution in [0.2, 0.25) is 5.02 Å². The zero-order valence-corrected chi connectivity index (χ0v) is 38.4. The van der Waals surface area contributed by atoms with Gasteiger partial charge in [0, 0.05) is 45.0 Å². The lowest BCUT2D eigenvalue weighted by Gasteiger charge is -2.37. The van der Waals surface area contributed by atoms with Crippen LogP contribution in [0.4, 0.5) is 17.6 Å². The maximum absolute atomic E-state index is 14.7. The molecule has 15 nitrogen and oxygen atoms in total. The number of amides is 7. The second kappa shape index (κ2) is 22.1. The van der Waals surface area contributed by atoms with E-state index in [0.717, 1.165) is 4.90 Å². The van der Waals surface area contributed by atoms with Crippen molar-refractivity contribution in [2.24, 2.45) is 11.8 Å². The largest absolute Gasteiger partial charge is 0.426 e. The summed E-state index contributed by atoms with van der Waals surface area (Å²) in [6.45, 7) is 6.89. The molecule has 64 heavy (non-hydrogen) atoms. The molecule has 4 N–H and O–H groups in total. The lowest BCUT2D eigenvalue weighted by Crippen LogP contribution is -2.62. The quantitative estimate of drug-likeness (QED) is 0.216. The lowest BCUT2D eigenvalue weighted by molar-refractivity contribution is -0.250. The van der Waals surface area contributed by atoms with Crippen molar-refractivity contribution in [2.75, 3.05) is 33.7 Å². The summed E-state index contributed by atoms with van der Waals surface area (Å²) in [7, 11) is 2.95. The zero-order chi connectivity index (χ0) is 47.8. The Labute approximate surface area is 377 Å². The van der Waals surface area contributed by atoms with E-state index in [1.807, 2.05) is 20.8 Å². The summed E-state index contributed by atoms with van der Waals surface area (Å²) in [5.41, 5.74) is -3.26. The van der Waals surface area contributed by atoms with Crippen molar-refractivity contribution in [3.8, 4) is 0 Å². The van der Waals surface area contributed by atoms with E-state index < -0.39 is 109 Å². The van der Waals surface area contributed by atoms with Gasteiger partial charge in [0.1, 0.15) is 42.4 Å². The predicted octanol–water partition coefficient (Wildman–Crippen LogP) is 3.53. The third-order valence-electron chi connectivity index (χ3n) is 12.3. The van der Waals surface area contributed by atoms with Gasteiger partial charge in [0.25, 0.3) is 5.91 Å². The number of aliphatic hydroxyl groups is 1. The average Bonchev–Trinajstić information content (AvgIpc) is 3.99. The number of nitrogens with one attached hydrogen (secondary N) is 3. The van der Waals surface area contributed by atoms with Gasteiger partial charge in [-0.1, -0.05) is 50.9 Å². The van der Waals surface area contributed by atoms with Crippen LogP contribution < -0.4 is 16.0 Å². The van der Waals surface area contributed by atoms with E-state index in [4.69, 9.17) is 11.6 Å². The molecule has 1 aromatic carbocycles. The van der Waals surface area contributed by atoms with Gasteiger partial charge in [-0.3, -0.25) is 33.6 Å². The molecule has 8 atom stereocenters. The second-order valence-corrected chi connectivity index (χ2v) is 18.4. The summed E-state index contributed by atoms with van der Waals surface area (Å²) >= 11 is 6.31. The van der Waals surface area contributed by atoms with Crippen LogP contribution in [0.25, 0.3) is 0 Å². The van der Waals surface area contributed by atoms with Crippen molar-refractivity contribution in [2.45, 2.75) is 153 Å². The molecule has 1 aliphatic carbocycles.